The van der Waals surface area contributed by atoms with Crippen molar-refractivity contribution in [3.8, 4) is 66.8 Å². The Morgan fingerprint density at radius 2 is 0.783 bits per heavy atom. The van der Waals surface area contributed by atoms with Crippen LogP contribution in [0.15, 0.2) is 253 Å². The van der Waals surface area contributed by atoms with Gasteiger partial charge in [0.25, 0.3) is 0 Å². The van der Waals surface area contributed by atoms with Crippen molar-refractivity contribution < 1.29 is 4.42 Å². The van der Waals surface area contributed by atoms with Crippen LogP contribution in [0.5, 0.6) is 0 Å². The normalized spacial score (nSPS) is 12.6. The minimum absolute atomic E-state index is 0.212. The van der Waals surface area contributed by atoms with Gasteiger partial charge in [-0.25, -0.2) is 0 Å². The van der Waals surface area contributed by atoms with Gasteiger partial charge in [-0.3, -0.25) is 0 Å². The molecule has 326 valence electrons. The molecule has 13 rings (SSSR count). The van der Waals surface area contributed by atoms with E-state index < -0.39 is 0 Å². The standard InChI is InChI=1S/C67H47NO/c1-67(2)63-42-53(52-27-26-45-14-6-7-15-50(45)40-52)32-38-59(63)60-39-37-57(43-64(60)67)68(55-33-28-48(29-34-55)47-24-22-46(23-25-47)44-12-4-3-5-13-44)56-35-30-49(31-36-56)51-16-10-17-54(41-51)58-19-11-20-62-61-18-8-9-21-65(61)69-66(58)62/h3-43H,1-2H3. The van der Waals surface area contributed by atoms with Crippen molar-refractivity contribution in [1.82, 2.24) is 0 Å². The third-order valence-electron chi connectivity index (χ3n) is 14.5. The smallest absolute Gasteiger partial charge is 0.143 e. The third-order valence-corrected chi connectivity index (χ3v) is 14.5. The number of fused-ring (bicyclic) bond motifs is 7. The summed E-state index contributed by atoms with van der Waals surface area (Å²) in [5.74, 6) is 0. The highest BCUT2D eigenvalue weighted by molar-refractivity contribution is 6.09. The summed E-state index contributed by atoms with van der Waals surface area (Å²) in [4.78, 5) is 2.41. The Hall–Kier alpha value is -8.72. The van der Waals surface area contributed by atoms with Gasteiger partial charge in [0.15, 0.2) is 0 Å². The molecule has 2 nitrogen and oxygen atoms in total. The molecule has 0 saturated carbocycles. The number of para-hydroxylation sites is 2. The summed E-state index contributed by atoms with van der Waals surface area (Å²) < 4.78 is 6.45. The second kappa shape index (κ2) is 16.3. The van der Waals surface area contributed by atoms with Crippen LogP contribution in [0.25, 0.3) is 99.5 Å². The molecular weight excluding hydrogens is 835 g/mol. The van der Waals surface area contributed by atoms with Crippen LogP contribution in [-0.4, -0.2) is 0 Å². The molecule has 0 aliphatic heterocycles. The van der Waals surface area contributed by atoms with Crippen molar-refractivity contribution in [1.29, 1.82) is 0 Å². The predicted octanol–water partition coefficient (Wildman–Crippen LogP) is 18.9. The first-order chi connectivity index (χ1) is 33.9. The second-order valence-electron chi connectivity index (χ2n) is 18.9. The highest BCUT2D eigenvalue weighted by Crippen LogP contribution is 2.52. The Bertz CT molecular complexity index is 3900. The van der Waals surface area contributed by atoms with E-state index in [1.54, 1.807) is 0 Å². The largest absolute Gasteiger partial charge is 0.455 e. The predicted molar refractivity (Wildman–Crippen MR) is 291 cm³/mol. The van der Waals surface area contributed by atoms with Gasteiger partial charge in [-0.15, -0.1) is 0 Å². The van der Waals surface area contributed by atoms with Crippen LogP contribution < -0.4 is 4.90 Å². The summed E-state index contributed by atoms with van der Waals surface area (Å²) >= 11 is 0. The molecule has 0 bridgehead atoms. The maximum Gasteiger partial charge on any atom is 0.143 e. The number of anilines is 3. The van der Waals surface area contributed by atoms with Crippen molar-refractivity contribution in [3.63, 3.8) is 0 Å². The Morgan fingerprint density at radius 1 is 0.304 bits per heavy atom. The minimum atomic E-state index is -0.212. The highest BCUT2D eigenvalue weighted by atomic mass is 16.3. The molecule has 69 heavy (non-hydrogen) atoms. The molecule has 0 unspecified atom stereocenters. The van der Waals surface area contributed by atoms with Gasteiger partial charge in [0.1, 0.15) is 11.2 Å². The molecule has 1 aliphatic rings. The number of benzene rings is 11. The Labute approximate surface area is 403 Å². The molecular formula is C67H47NO. The molecule has 0 atom stereocenters. The van der Waals surface area contributed by atoms with Gasteiger partial charge >= 0.3 is 0 Å². The van der Waals surface area contributed by atoms with E-state index in [1.807, 2.05) is 12.1 Å². The molecule has 1 heterocycles. The zero-order valence-electron chi connectivity index (χ0n) is 38.5. The van der Waals surface area contributed by atoms with Crippen LogP contribution >= 0.6 is 0 Å². The van der Waals surface area contributed by atoms with Gasteiger partial charge in [-0.2, -0.15) is 0 Å². The summed E-state index contributed by atoms with van der Waals surface area (Å²) in [5, 5.41) is 4.79. The molecule has 2 heteroatoms. The highest BCUT2D eigenvalue weighted by Gasteiger charge is 2.36. The summed E-state index contributed by atoms with van der Waals surface area (Å²) in [6.45, 7) is 4.76. The topological polar surface area (TPSA) is 16.4 Å². The van der Waals surface area contributed by atoms with E-state index in [0.717, 1.165) is 61.3 Å². The van der Waals surface area contributed by atoms with Crippen molar-refractivity contribution in [2.24, 2.45) is 0 Å². The summed E-state index contributed by atoms with van der Waals surface area (Å²) in [7, 11) is 0. The Morgan fingerprint density at radius 3 is 1.52 bits per heavy atom. The van der Waals surface area contributed by atoms with Crippen LogP contribution in [0.4, 0.5) is 17.1 Å². The van der Waals surface area contributed by atoms with E-state index in [-0.39, 0.29) is 5.41 Å². The third kappa shape index (κ3) is 7.03. The van der Waals surface area contributed by atoms with E-state index in [4.69, 9.17) is 4.42 Å². The maximum absolute atomic E-state index is 6.45. The molecule has 0 N–H and O–H groups in total. The number of hydrogen-bond donors (Lipinski definition) is 0. The van der Waals surface area contributed by atoms with Crippen LogP contribution in [-0.2, 0) is 5.41 Å². The lowest BCUT2D eigenvalue weighted by atomic mass is 9.81. The van der Waals surface area contributed by atoms with E-state index in [9.17, 15) is 0 Å². The van der Waals surface area contributed by atoms with Gasteiger partial charge in [0, 0.05) is 38.8 Å². The molecule has 0 amide bonds. The van der Waals surface area contributed by atoms with Gasteiger partial charge in [0.05, 0.1) is 0 Å². The monoisotopic (exact) mass is 881 g/mol. The number of rotatable bonds is 8. The maximum atomic E-state index is 6.45. The number of furan rings is 1. The summed E-state index contributed by atoms with van der Waals surface area (Å²) in [5.41, 5.74) is 22.0. The molecule has 1 aromatic heterocycles. The van der Waals surface area contributed by atoms with Crippen molar-refractivity contribution in [2.75, 3.05) is 4.90 Å². The lowest BCUT2D eigenvalue weighted by Gasteiger charge is -2.28. The first kappa shape index (κ1) is 40.5. The number of hydrogen-bond acceptors (Lipinski definition) is 2. The van der Waals surface area contributed by atoms with E-state index in [2.05, 4.69) is 255 Å². The van der Waals surface area contributed by atoms with Crippen molar-refractivity contribution in [3.05, 3.63) is 260 Å². The van der Waals surface area contributed by atoms with Crippen LogP contribution in [0, 0.1) is 0 Å². The SMILES string of the molecule is CC1(C)c2cc(-c3ccc4ccccc4c3)ccc2-c2ccc(N(c3ccc(-c4ccc(-c5ccccc5)cc4)cc3)c3ccc(-c4cccc(-c5cccc6c5oc5ccccc56)c4)cc3)cc21. The lowest BCUT2D eigenvalue weighted by Crippen LogP contribution is -2.16. The Balaban J connectivity index is 0.867. The molecule has 12 aromatic rings. The second-order valence-corrected chi connectivity index (χ2v) is 18.9. The van der Waals surface area contributed by atoms with Crippen LogP contribution in [0.2, 0.25) is 0 Å². The fraction of sp³-hybridized carbons (Fsp3) is 0.0448. The lowest BCUT2D eigenvalue weighted by molar-refractivity contribution is 0.660. The average molecular weight is 882 g/mol. The quantitative estimate of drug-likeness (QED) is 0.151. The molecule has 11 aromatic carbocycles. The molecule has 0 fully saturated rings. The van der Waals surface area contributed by atoms with Gasteiger partial charge in [-0.05, 0) is 144 Å². The average Bonchev–Trinajstić information content (AvgIpc) is 3.90. The first-order valence-corrected chi connectivity index (χ1v) is 23.9. The van der Waals surface area contributed by atoms with E-state index in [0.29, 0.717) is 0 Å². The zero-order valence-corrected chi connectivity index (χ0v) is 38.5. The molecule has 0 spiro atoms. The first-order valence-electron chi connectivity index (χ1n) is 23.9. The molecule has 0 radical (unpaired) electrons. The summed E-state index contributed by atoms with van der Waals surface area (Å²) in [6, 6.07) is 90.6. The summed E-state index contributed by atoms with van der Waals surface area (Å²) in [6.07, 6.45) is 0. The number of nitrogens with zero attached hydrogens (tertiary/aromatic N) is 1. The van der Waals surface area contributed by atoms with Crippen LogP contribution in [0.3, 0.4) is 0 Å². The van der Waals surface area contributed by atoms with Crippen molar-refractivity contribution in [2.45, 2.75) is 19.3 Å². The zero-order chi connectivity index (χ0) is 46.1. The van der Waals surface area contributed by atoms with Crippen LogP contribution in [0.1, 0.15) is 25.0 Å². The Kier molecular flexibility index (Phi) is 9.55. The van der Waals surface area contributed by atoms with E-state index >= 15 is 0 Å². The van der Waals surface area contributed by atoms with Gasteiger partial charge in [-0.1, -0.05) is 202 Å². The molecule has 1 aliphatic carbocycles. The fourth-order valence-electron chi connectivity index (χ4n) is 10.8. The van der Waals surface area contributed by atoms with Gasteiger partial charge < -0.3 is 9.32 Å². The molecule has 0 saturated heterocycles. The minimum Gasteiger partial charge on any atom is -0.455 e. The van der Waals surface area contributed by atoms with E-state index in [1.165, 1.54) is 66.4 Å². The van der Waals surface area contributed by atoms with Gasteiger partial charge in [0.2, 0.25) is 0 Å². The van der Waals surface area contributed by atoms with Crippen molar-refractivity contribution >= 4 is 49.8 Å². The fourth-order valence-corrected chi connectivity index (χ4v) is 10.8.